The van der Waals surface area contributed by atoms with E-state index in [1.807, 2.05) is 24.3 Å². The van der Waals surface area contributed by atoms with Crippen LogP contribution in [0.3, 0.4) is 0 Å². The van der Waals surface area contributed by atoms with Crippen LogP contribution in [0.2, 0.25) is 0 Å². The molecule has 2 N–H and O–H groups in total. The Kier molecular flexibility index (Phi) is 4.72. The van der Waals surface area contributed by atoms with Crippen molar-refractivity contribution in [3.8, 4) is 0 Å². The number of para-hydroxylation sites is 1. The Hall–Kier alpha value is -2.64. The molecular formula is C20H21N3O3S. The van der Waals surface area contributed by atoms with Crippen molar-refractivity contribution in [3.63, 3.8) is 0 Å². The van der Waals surface area contributed by atoms with Gasteiger partial charge in [0, 0.05) is 29.7 Å². The summed E-state index contributed by atoms with van der Waals surface area (Å²) < 4.78 is 26.9. The molecule has 27 heavy (non-hydrogen) atoms. The summed E-state index contributed by atoms with van der Waals surface area (Å²) >= 11 is 0. The fourth-order valence-electron chi connectivity index (χ4n) is 3.36. The first-order chi connectivity index (χ1) is 13.0. The summed E-state index contributed by atoms with van der Waals surface area (Å²) in [4.78, 5) is 15.8. The number of hydrogen-bond donors (Lipinski definition) is 2. The Balaban J connectivity index is 1.49. The number of rotatable bonds is 4. The highest BCUT2D eigenvalue weighted by atomic mass is 32.2. The highest BCUT2D eigenvalue weighted by Crippen LogP contribution is 2.22. The lowest BCUT2D eigenvalue weighted by atomic mass is 10.2. The number of carbonyl (C=O) groups is 1. The summed E-state index contributed by atoms with van der Waals surface area (Å²) in [7, 11) is -3.46. The van der Waals surface area contributed by atoms with Gasteiger partial charge in [0.1, 0.15) is 5.69 Å². The predicted octanol–water partition coefficient (Wildman–Crippen LogP) is 3.59. The zero-order valence-corrected chi connectivity index (χ0v) is 15.6. The molecule has 1 amide bonds. The summed E-state index contributed by atoms with van der Waals surface area (Å²) in [6, 6.07) is 15.8. The van der Waals surface area contributed by atoms with Gasteiger partial charge in [-0.25, -0.2) is 8.42 Å². The van der Waals surface area contributed by atoms with E-state index >= 15 is 0 Å². The molecule has 7 heteroatoms. The Morgan fingerprint density at radius 3 is 2.37 bits per heavy atom. The lowest BCUT2D eigenvalue weighted by Crippen LogP contribution is -2.35. The van der Waals surface area contributed by atoms with Crippen molar-refractivity contribution in [2.24, 2.45) is 0 Å². The van der Waals surface area contributed by atoms with Crippen LogP contribution in [-0.2, 0) is 10.0 Å². The van der Waals surface area contributed by atoms with Gasteiger partial charge in [0.25, 0.3) is 5.91 Å². The minimum atomic E-state index is -3.46. The van der Waals surface area contributed by atoms with E-state index in [0.717, 1.165) is 30.2 Å². The number of nitrogens with one attached hydrogen (secondary N) is 2. The average molecular weight is 383 g/mol. The molecule has 0 bridgehead atoms. The van der Waals surface area contributed by atoms with E-state index in [2.05, 4.69) is 10.3 Å². The Labute approximate surface area is 158 Å². The predicted molar refractivity (Wildman–Crippen MR) is 105 cm³/mol. The molecule has 0 aliphatic carbocycles. The van der Waals surface area contributed by atoms with Crippen LogP contribution >= 0.6 is 0 Å². The molecule has 0 saturated carbocycles. The molecule has 0 radical (unpaired) electrons. The second-order valence-electron chi connectivity index (χ2n) is 6.71. The third-order valence-electron chi connectivity index (χ3n) is 4.84. The van der Waals surface area contributed by atoms with Crippen LogP contribution in [0.25, 0.3) is 10.9 Å². The lowest BCUT2D eigenvalue weighted by Gasteiger charge is -2.25. The van der Waals surface area contributed by atoms with Crippen LogP contribution in [0, 0.1) is 0 Å². The first kappa shape index (κ1) is 17.8. The molecule has 6 nitrogen and oxygen atoms in total. The topological polar surface area (TPSA) is 82.3 Å². The maximum atomic E-state index is 12.7. The maximum Gasteiger partial charge on any atom is 0.272 e. The second-order valence-corrected chi connectivity index (χ2v) is 8.65. The molecule has 1 fully saturated rings. The third-order valence-corrected chi connectivity index (χ3v) is 6.75. The zero-order valence-electron chi connectivity index (χ0n) is 14.8. The van der Waals surface area contributed by atoms with Gasteiger partial charge in [-0.15, -0.1) is 0 Å². The van der Waals surface area contributed by atoms with Gasteiger partial charge in [-0.05, 0) is 49.2 Å². The Morgan fingerprint density at radius 1 is 0.963 bits per heavy atom. The van der Waals surface area contributed by atoms with Gasteiger partial charge in [0.05, 0.1) is 4.90 Å². The molecule has 0 spiro atoms. The molecule has 0 atom stereocenters. The number of sulfonamides is 1. The molecule has 1 aliphatic heterocycles. The van der Waals surface area contributed by atoms with Crippen molar-refractivity contribution in [1.82, 2.24) is 9.29 Å². The highest BCUT2D eigenvalue weighted by Gasteiger charge is 2.25. The number of H-pyrrole nitrogens is 1. The van der Waals surface area contributed by atoms with Gasteiger partial charge in [-0.2, -0.15) is 4.31 Å². The van der Waals surface area contributed by atoms with Crippen molar-refractivity contribution < 1.29 is 13.2 Å². The normalized spacial score (nSPS) is 15.7. The molecule has 2 heterocycles. The van der Waals surface area contributed by atoms with E-state index in [9.17, 15) is 13.2 Å². The fraction of sp³-hybridized carbons (Fsp3) is 0.250. The van der Waals surface area contributed by atoms with Gasteiger partial charge in [0.15, 0.2) is 0 Å². The molecule has 4 rings (SSSR count). The number of fused-ring (bicyclic) bond motifs is 1. The Bertz CT molecular complexity index is 1030. The number of benzene rings is 2. The van der Waals surface area contributed by atoms with Gasteiger partial charge < -0.3 is 10.3 Å². The van der Waals surface area contributed by atoms with Crippen LogP contribution < -0.4 is 5.32 Å². The van der Waals surface area contributed by atoms with E-state index in [-0.39, 0.29) is 10.8 Å². The van der Waals surface area contributed by atoms with E-state index in [1.165, 1.54) is 4.31 Å². The average Bonchev–Trinajstić information content (AvgIpc) is 3.13. The lowest BCUT2D eigenvalue weighted by molar-refractivity contribution is 0.102. The van der Waals surface area contributed by atoms with Crippen LogP contribution in [0.1, 0.15) is 29.8 Å². The number of aromatic amines is 1. The molecular weight excluding hydrogens is 362 g/mol. The van der Waals surface area contributed by atoms with E-state index in [4.69, 9.17) is 0 Å². The number of nitrogens with zero attached hydrogens (tertiary/aromatic N) is 1. The summed E-state index contributed by atoms with van der Waals surface area (Å²) in [5.74, 6) is -0.266. The summed E-state index contributed by atoms with van der Waals surface area (Å²) in [6.45, 7) is 1.14. The molecule has 1 saturated heterocycles. The maximum absolute atomic E-state index is 12.7. The third kappa shape index (κ3) is 3.61. The number of piperidine rings is 1. The molecule has 1 aliphatic rings. The van der Waals surface area contributed by atoms with Crippen LogP contribution in [0.15, 0.2) is 59.5 Å². The van der Waals surface area contributed by atoms with Crippen LogP contribution in [0.4, 0.5) is 5.69 Å². The minimum Gasteiger partial charge on any atom is -0.351 e. The molecule has 1 aromatic heterocycles. The Morgan fingerprint density at radius 2 is 1.67 bits per heavy atom. The first-order valence-electron chi connectivity index (χ1n) is 9.03. The largest absolute Gasteiger partial charge is 0.351 e. The number of anilines is 1. The highest BCUT2D eigenvalue weighted by molar-refractivity contribution is 7.89. The number of carbonyl (C=O) groups excluding carboxylic acids is 1. The number of hydrogen-bond acceptors (Lipinski definition) is 3. The van der Waals surface area contributed by atoms with E-state index in [0.29, 0.717) is 24.5 Å². The van der Waals surface area contributed by atoms with Crippen LogP contribution in [0.5, 0.6) is 0 Å². The first-order valence-corrected chi connectivity index (χ1v) is 10.5. The van der Waals surface area contributed by atoms with Crippen molar-refractivity contribution in [2.75, 3.05) is 18.4 Å². The molecule has 2 aromatic carbocycles. The standard InChI is InChI=1S/C20H21N3O3S/c24-20(19-14-15-6-2-3-7-18(15)22-19)21-16-8-10-17(11-9-16)27(25,26)23-12-4-1-5-13-23/h2-3,6-11,14,22H,1,4-5,12-13H2,(H,21,24). The fourth-order valence-corrected chi connectivity index (χ4v) is 4.88. The number of amides is 1. The van der Waals surface area contributed by atoms with Gasteiger partial charge in [-0.3, -0.25) is 4.79 Å². The van der Waals surface area contributed by atoms with Crippen molar-refractivity contribution >= 4 is 32.5 Å². The van der Waals surface area contributed by atoms with Gasteiger partial charge >= 0.3 is 0 Å². The quantitative estimate of drug-likeness (QED) is 0.722. The van der Waals surface area contributed by atoms with Gasteiger partial charge in [0.2, 0.25) is 10.0 Å². The molecule has 140 valence electrons. The minimum absolute atomic E-state index is 0.257. The van der Waals surface area contributed by atoms with Crippen molar-refractivity contribution in [1.29, 1.82) is 0 Å². The summed E-state index contributed by atoms with van der Waals surface area (Å²) in [5.41, 5.74) is 1.91. The smallest absolute Gasteiger partial charge is 0.272 e. The summed E-state index contributed by atoms with van der Waals surface area (Å²) in [5, 5.41) is 3.76. The second kappa shape index (κ2) is 7.17. The van der Waals surface area contributed by atoms with E-state index < -0.39 is 10.0 Å². The molecule has 0 unspecified atom stereocenters. The summed E-state index contributed by atoms with van der Waals surface area (Å²) in [6.07, 6.45) is 2.88. The molecule has 3 aromatic rings. The van der Waals surface area contributed by atoms with Gasteiger partial charge in [-0.1, -0.05) is 24.6 Å². The monoisotopic (exact) mass is 383 g/mol. The van der Waals surface area contributed by atoms with Crippen molar-refractivity contribution in [2.45, 2.75) is 24.2 Å². The van der Waals surface area contributed by atoms with E-state index in [1.54, 1.807) is 30.3 Å². The van der Waals surface area contributed by atoms with Crippen molar-refractivity contribution in [3.05, 3.63) is 60.3 Å². The SMILES string of the molecule is O=C(Nc1ccc(S(=O)(=O)N2CCCCC2)cc1)c1cc2ccccc2[nH]1. The zero-order chi connectivity index (χ0) is 18.9. The number of aromatic nitrogens is 1. The van der Waals surface area contributed by atoms with Crippen LogP contribution in [-0.4, -0.2) is 36.7 Å².